The number of imidazole rings is 1. The predicted octanol–water partition coefficient (Wildman–Crippen LogP) is 2.72. The zero-order valence-electron chi connectivity index (χ0n) is 16.0. The predicted molar refractivity (Wildman–Crippen MR) is 111 cm³/mol. The Morgan fingerprint density at radius 2 is 1.28 bits per heavy atom. The number of hydrogen-bond acceptors (Lipinski definition) is 5. The maximum atomic E-state index is 12.4. The lowest BCUT2D eigenvalue weighted by molar-refractivity contribution is 0.0915. The Morgan fingerprint density at radius 1 is 0.793 bits per heavy atom. The van der Waals surface area contributed by atoms with E-state index in [-0.39, 0.29) is 11.4 Å². The van der Waals surface area contributed by atoms with Crippen molar-refractivity contribution in [1.29, 1.82) is 0 Å². The second-order valence-corrected chi connectivity index (χ2v) is 6.13. The molecule has 0 aliphatic heterocycles. The summed E-state index contributed by atoms with van der Waals surface area (Å²) < 4.78 is 0. The fraction of sp³-hybridized carbons (Fsp3) is 0.0952. The third kappa shape index (κ3) is 5.01. The van der Waals surface area contributed by atoms with Gasteiger partial charge < -0.3 is 4.98 Å². The van der Waals surface area contributed by atoms with Gasteiger partial charge in [0.2, 0.25) is 0 Å². The molecule has 0 aliphatic carbocycles. The van der Waals surface area contributed by atoms with E-state index in [2.05, 4.69) is 31.0 Å². The molecule has 2 amide bonds. The van der Waals surface area contributed by atoms with E-state index in [4.69, 9.17) is 0 Å². The summed E-state index contributed by atoms with van der Waals surface area (Å²) in [6.07, 6.45) is 1.27. The van der Waals surface area contributed by atoms with E-state index in [9.17, 15) is 9.59 Å². The Kier molecular flexibility index (Phi) is 6.26. The van der Waals surface area contributed by atoms with Crippen LogP contribution in [-0.4, -0.2) is 33.2 Å². The number of H-pyrrole nitrogens is 1. The average molecular weight is 388 g/mol. The van der Waals surface area contributed by atoms with Crippen LogP contribution in [0.5, 0.6) is 0 Å². The summed E-state index contributed by atoms with van der Waals surface area (Å²) in [4.78, 5) is 31.4. The van der Waals surface area contributed by atoms with Crippen LogP contribution in [0.25, 0.3) is 0 Å². The van der Waals surface area contributed by atoms with Crippen LogP contribution in [0.2, 0.25) is 0 Å². The average Bonchev–Trinajstić information content (AvgIpc) is 3.26. The molecule has 8 nitrogen and oxygen atoms in total. The van der Waals surface area contributed by atoms with Gasteiger partial charge in [-0.1, -0.05) is 60.7 Å². The summed E-state index contributed by atoms with van der Waals surface area (Å²) >= 11 is 0. The van der Waals surface area contributed by atoms with Crippen molar-refractivity contribution < 1.29 is 9.59 Å². The molecular formula is C21H20N6O2. The topological polar surface area (TPSA) is 112 Å². The van der Waals surface area contributed by atoms with Crippen molar-refractivity contribution in [3.8, 4) is 0 Å². The first-order chi connectivity index (χ1) is 14.1. The van der Waals surface area contributed by atoms with Crippen molar-refractivity contribution in [3.05, 3.63) is 89.5 Å². The zero-order valence-corrected chi connectivity index (χ0v) is 16.0. The maximum absolute atomic E-state index is 12.4. The van der Waals surface area contributed by atoms with Crippen LogP contribution >= 0.6 is 0 Å². The molecule has 0 spiro atoms. The molecule has 1 aromatic heterocycles. The van der Waals surface area contributed by atoms with Gasteiger partial charge in [-0.3, -0.25) is 9.59 Å². The number of carbonyl (C=O) groups is 2. The molecule has 29 heavy (non-hydrogen) atoms. The first-order valence-electron chi connectivity index (χ1n) is 8.89. The van der Waals surface area contributed by atoms with E-state index in [1.54, 1.807) is 13.8 Å². The third-order valence-corrected chi connectivity index (χ3v) is 4.11. The smallest absolute Gasteiger partial charge is 0.292 e. The summed E-state index contributed by atoms with van der Waals surface area (Å²) in [6.45, 7) is 3.55. The van der Waals surface area contributed by atoms with Crippen molar-refractivity contribution in [3.63, 3.8) is 0 Å². The molecule has 3 N–H and O–H groups in total. The minimum atomic E-state index is -0.601. The number of nitrogens with zero attached hydrogens (tertiary/aromatic N) is 3. The van der Waals surface area contributed by atoms with Crippen LogP contribution < -0.4 is 10.9 Å². The van der Waals surface area contributed by atoms with Crippen molar-refractivity contribution in [2.75, 3.05) is 0 Å². The molecule has 0 bridgehead atoms. The van der Waals surface area contributed by atoms with Gasteiger partial charge in [-0.15, -0.1) is 0 Å². The molecule has 0 saturated carbocycles. The summed E-state index contributed by atoms with van der Waals surface area (Å²) in [5.41, 5.74) is 7.79. The van der Waals surface area contributed by atoms with Gasteiger partial charge in [-0.2, -0.15) is 10.2 Å². The van der Waals surface area contributed by atoms with Crippen molar-refractivity contribution >= 4 is 23.2 Å². The Morgan fingerprint density at radius 3 is 1.79 bits per heavy atom. The maximum Gasteiger partial charge on any atom is 0.292 e. The highest BCUT2D eigenvalue weighted by Crippen LogP contribution is 2.05. The molecule has 0 saturated heterocycles. The van der Waals surface area contributed by atoms with Gasteiger partial charge in [0.25, 0.3) is 11.8 Å². The number of benzene rings is 2. The van der Waals surface area contributed by atoms with E-state index in [1.807, 2.05) is 60.7 Å². The Bertz CT molecular complexity index is 971. The molecule has 146 valence electrons. The molecule has 0 atom stereocenters. The van der Waals surface area contributed by atoms with E-state index in [0.29, 0.717) is 11.4 Å². The van der Waals surface area contributed by atoms with Crippen LogP contribution in [0, 0.1) is 0 Å². The van der Waals surface area contributed by atoms with Crippen molar-refractivity contribution in [1.82, 2.24) is 20.8 Å². The number of carbonyl (C=O) groups excluding carboxylic acids is 2. The lowest BCUT2D eigenvalue weighted by atomic mass is 10.1. The largest absolute Gasteiger partial charge is 0.340 e. The summed E-state index contributed by atoms with van der Waals surface area (Å²) in [7, 11) is 0. The molecular weight excluding hydrogens is 368 g/mol. The number of nitrogens with one attached hydrogen (secondary N) is 3. The molecule has 8 heteroatoms. The summed E-state index contributed by atoms with van der Waals surface area (Å²) in [6, 6.07) is 18.8. The first kappa shape index (κ1) is 19.7. The van der Waals surface area contributed by atoms with E-state index in [0.717, 1.165) is 11.1 Å². The lowest BCUT2D eigenvalue weighted by Gasteiger charge is -2.04. The number of rotatable bonds is 6. The van der Waals surface area contributed by atoms with E-state index in [1.165, 1.54) is 6.33 Å². The first-order valence-corrected chi connectivity index (χ1v) is 8.89. The molecule has 0 aliphatic rings. The minimum absolute atomic E-state index is 0.000300. The van der Waals surface area contributed by atoms with Crippen LogP contribution in [-0.2, 0) is 0 Å². The molecule has 2 aromatic carbocycles. The van der Waals surface area contributed by atoms with Crippen LogP contribution in [0.4, 0.5) is 0 Å². The van der Waals surface area contributed by atoms with Gasteiger partial charge in [-0.05, 0) is 25.0 Å². The standard InChI is InChI=1S/C21H20N6O2/c1-14(16-9-5-3-6-10-16)24-26-20(28)18-19(23-13-22-18)21(29)27-25-15(2)17-11-7-4-8-12-17/h3-13H,1-2H3,(H,22,23)(H,26,28)(H,27,29)/b24-14+,25-15+. The quantitative estimate of drug-likeness (QED) is 0.446. The number of hydrazone groups is 2. The molecule has 0 radical (unpaired) electrons. The fourth-order valence-corrected chi connectivity index (χ4v) is 2.51. The van der Waals surface area contributed by atoms with Gasteiger partial charge in [0, 0.05) is 0 Å². The molecule has 1 heterocycles. The number of aromatic nitrogens is 2. The monoisotopic (exact) mass is 388 g/mol. The molecule has 3 rings (SSSR count). The summed E-state index contributed by atoms with van der Waals surface area (Å²) in [5.74, 6) is -1.18. The van der Waals surface area contributed by atoms with Crippen molar-refractivity contribution in [2.24, 2.45) is 10.2 Å². The van der Waals surface area contributed by atoms with E-state index < -0.39 is 11.8 Å². The third-order valence-electron chi connectivity index (χ3n) is 4.11. The van der Waals surface area contributed by atoms with Gasteiger partial charge >= 0.3 is 0 Å². The van der Waals surface area contributed by atoms with Crippen LogP contribution in [0.15, 0.2) is 77.2 Å². The highest BCUT2D eigenvalue weighted by atomic mass is 16.2. The number of hydrogen-bond donors (Lipinski definition) is 3. The van der Waals surface area contributed by atoms with Gasteiger partial charge in [0.1, 0.15) is 5.69 Å². The lowest BCUT2D eigenvalue weighted by Crippen LogP contribution is -2.26. The second-order valence-electron chi connectivity index (χ2n) is 6.13. The minimum Gasteiger partial charge on any atom is -0.340 e. The number of aromatic amines is 1. The molecule has 0 fully saturated rings. The van der Waals surface area contributed by atoms with E-state index >= 15 is 0 Å². The van der Waals surface area contributed by atoms with Crippen LogP contribution in [0.3, 0.4) is 0 Å². The number of amides is 2. The normalized spacial score (nSPS) is 11.8. The Hall–Kier alpha value is -4.07. The van der Waals surface area contributed by atoms with Crippen molar-refractivity contribution in [2.45, 2.75) is 13.8 Å². The Labute approximate surface area is 167 Å². The highest BCUT2D eigenvalue weighted by molar-refractivity contribution is 6.06. The van der Waals surface area contributed by atoms with Gasteiger partial charge in [0.15, 0.2) is 5.69 Å². The summed E-state index contributed by atoms with van der Waals surface area (Å²) in [5, 5.41) is 8.14. The molecule has 0 unspecified atom stereocenters. The zero-order chi connectivity index (χ0) is 20.6. The van der Waals surface area contributed by atoms with Crippen LogP contribution in [0.1, 0.15) is 46.0 Å². The highest BCUT2D eigenvalue weighted by Gasteiger charge is 2.20. The Balaban J connectivity index is 1.68. The van der Waals surface area contributed by atoms with Gasteiger partial charge in [0.05, 0.1) is 17.8 Å². The molecule has 3 aromatic rings. The fourth-order valence-electron chi connectivity index (χ4n) is 2.51. The SMILES string of the molecule is C/C(=N\NC(=O)c1nc[nH]c1C(=O)N/N=C(\C)c1ccccc1)c1ccccc1. The van der Waals surface area contributed by atoms with Gasteiger partial charge in [-0.25, -0.2) is 15.8 Å². The second kappa shape index (κ2) is 9.23.